The van der Waals surface area contributed by atoms with Gasteiger partial charge in [0.2, 0.25) is 0 Å². The van der Waals surface area contributed by atoms with Gasteiger partial charge in [-0.3, -0.25) is 0 Å². The molecule has 0 saturated heterocycles. The van der Waals surface area contributed by atoms with E-state index in [-0.39, 0.29) is 5.97 Å². The molecule has 1 aliphatic carbocycles. The molecule has 2 aromatic rings. The third-order valence-electron chi connectivity index (χ3n) is 4.71. The summed E-state index contributed by atoms with van der Waals surface area (Å²) in [5, 5.41) is 7.16. The molecule has 0 unspecified atom stereocenters. The first-order valence-corrected chi connectivity index (χ1v) is 10.8. The van der Waals surface area contributed by atoms with Crippen molar-refractivity contribution in [3.63, 3.8) is 0 Å². The summed E-state index contributed by atoms with van der Waals surface area (Å²) in [5.41, 5.74) is 2.57. The fraction of sp³-hybridized carbons (Fsp3) is 0.381. The van der Waals surface area contributed by atoms with Crippen LogP contribution in [-0.4, -0.2) is 30.8 Å². The van der Waals surface area contributed by atoms with Gasteiger partial charge >= 0.3 is 11.9 Å². The highest BCUT2D eigenvalue weighted by molar-refractivity contribution is 7.80. The van der Waals surface area contributed by atoms with E-state index in [4.69, 9.17) is 21.7 Å². The van der Waals surface area contributed by atoms with Crippen molar-refractivity contribution < 1.29 is 19.1 Å². The van der Waals surface area contributed by atoms with Crippen LogP contribution in [0.3, 0.4) is 0 Å². The van der Waals surface area contributed by atoms with E-state index >= 15 is 0 Å². The zero-order valence-corrected chi connectivity index (χ0v) is 18.1. The molecule has 0 radical (unpaired) electrons. The molecule has 1 aromatic heterocycles. The number of benzene rings is 1. The summed E-state index contributed by atoms with van der Waals surface area (Å²) >= 11 is 7.01. The maximum Gasteiger partial charge on any atom is 0.341 e. The average Bonchev–Trinajstić information content (AvgIpc) is 2.88. The van der Waals surface area contributed by atoms with E-state index in [9.17, 15) is 9.59 Å². The number of nitrogens with one attached hydrogen (secondary N) is 2. The third-order valence-corrected chi connectivity index (χ3v) is 6.12. The first kappa shape index (κ1) is 21.3. The predicted molar refractivity (Wildman–Crippen MR) is 119 cm³/mol. The fourth-order valence-electron chi connectivity index (χ4n) is 3.39. The van der Waals surface area contributed by atoms with Crippen LogP contribution in [0.15, 0.2) is 24.3 Å². The summed E-state index contributed by atoms with van der Waals surface area (Å²) in [7, 11) is 1.33. The molecule has 1 aromatic carbocycles. The Morgan fingerprint density at radius 2 is 1.86 bits per heavy atom. The number of fused-ring (bicyclic) bond motifs is 1. The molecule has 8 heteroatoms. The topological polar surface area (TPSA) is 76.7 Å². The largest absolute Gasteiger partial charge is 0.465 e. The molecule has 154 valence electrons. The van der Waals surface area contributed by atoms with E-state index in [1.807, 2.05) is 0 Å². The number of esters is 2. The Kier molecular flexibility index (Phi) is 7.22. The number of carbonyl (C=O) groups is 2. The van der Waals surface area contributed by atoms with Gasteiger partial charge in [0.15, 0.2) is 5.11 Å². The molecule has 1 heterocycles. The third kappa shape index (κ3) is 4.94. The van der Waals surface area contributed by atoms with Crippen LogP contribution < -0.4 is 10.6 Å². The molecular formula is C21H24N2O4S2. The minimum atomic E-state index is -0.453. The lowest BCUT2D eigenvalue weighted by Crippen LogP contribution is -2.22. The summed E-state index contributed by atoms with van der Waals surface area (Å²) in [4.78, 5) is 25.8. The van der Waals surface area contributed by atoms with E-state index in [0.717, 1.165) is 37.7 Å². The Balaban J connectivity index is 1.86. The second-order valence-corrected chi connectivity index (χ2v) is 8.12. The molecule has 0 amide bonds. The quantitative estimate of drug-likeness (QED) is 0.400. The van der Waals surface area contributed by atoms with Gasteiger partial charge < -0.3 is 20.1 Å². The standard InChI is InChI=1S/C21H24N2O4S2/c1-3-27-20(25)17-14-10-5-4-6-12-16(14)29-18(17)23-21(28)22-15-11-8-7-9-13(15)19(24)26-2/h7-9,11H,3-6,10,12H2,1-2H3,(H2,22,23,28). The van der Waals surface area contributed by atoms with Crippen molar-refractivity contribution >= 4 is 51.3 Å². The molecule has 2 N–H and O–H groups in total. The number of thiophene rings is 1. The van der Waals surface area contributed by atoms with E-state index in [1.54, 1.807) is 42.5 Å². The van der Waals surface area contributed by atoms with Gasteiger partial charge in [-0.05, 0) is 62.5 Å². The first-order valence-electron chi connectivity index (χ1n) is 9.62. The highest BCUT2D eigenvalue weighted by atomic mass is 32.1. The normalized spacial score (nSPS) is 13.0. The number of aryl methyl sites for hydroxylation is 1. The number of hydrogen-bond acceptors (Lipinski definition) is 6. The van der Waals surface area contributed by atoms with Crippen molar-refractivity contribution in [1.29, 1.82) is 0 Å². The number of thiocarbonyl (C=S) groups is 1. The number of hydrogen-bond donors (Lipinski definition) is 2. The van der Waals surface area contributed by atoms with Gasteiger partial charge in [0, 0.05) is 4.88 Å². The van der Waals surface area contributed by atoms with E-state index < -0.39 is 5.97 Å². The molecule has 0 bridgehead atoms. The Morgan fingerprint density at radius 3 is 2.62 bits per heavy atom. The minimum absolute atomic E-state index is 0.295. The van der Waals surface area contributed by atoms with Gasteiger partial charge in [-0.25, -0.2) is 9.59 Å². The van der Waals surface area contributed by atoms with Crippen LogP contribution in [0, 0.1) is 0 Å². The second-order valence-electron chi connectivity index (χ2n) is 6.61. The molecule has 0 aliphatic heterocycles. The lowest BCUT2D eigenvalue weighted by atomic mass is 10.1. The van der Waals surface area contributed by atoms with Crippen molar-refractivity contribution in [2.45, 2.75) is 39.0 Å². The molecule has 3 rings (SSSR count). The molecule has 0 fully saturated rings. The maximum atomic E-state index is 12.7. The Bertz CT molecular complexity index is 923. The summed E-state index contributed by atoms with van der Waals surface area (Å²) in [5.74, 6) is -0.780. The van der Waals surface area contributed by atoms with Gasteiger partial charge in [-0.15, -0.1) is 11.3 Å². The molecule has 0 atom stereocenters. The number of ether oxygens (including phenoxy) is 2. The molecular weight excluding hydrogens is 408 g/mol. The minimum Gasteiger partial charge on any atom is -0.465 e. The second kappa shape index (κ2) is 9.84. The summed E-state index contributed by atoms with van der Waals surface area (Å²) < 4.78 is 10.1. The van der Waals surface area contributed by atoms with Crippen LogP contribution in [0.5, 0.6) is 0 Å². The van der Waals surface area contributed by atoms with Crippen molar-refractivity contribution in [2.24, 2.45) is 0 Å². The van der Waals surface area contributed by atoms with Gasteiger partial charge in [0.1, 0.15) is 5.00 Å². The maximum absolute atomic E-state index is 12.7. The Morgan fingerprint density at radius 1 is 1.10 bits per heavy atom. The zero-order valence-electron chi connectivity index (χ0n) is 16.5. The molecule has 0 spiro atoms. The summed E-state index contributed by atoms with van der Waals surface area (Å²) in [6.07, 6.45) is 5.17. The van der Waals surface area contributed by atoms with Crippen LogP contribution in [-0.2, 0) is 22.3 Å². The van der Waals surface area contributed by atoms with Crippen molar-refractivity contribution in [3.05, 3.63) is 45.8 Å². The van der Waals surface area contributed by atoms with Gasteiger partial charge in [-0.2, -0.15) is 0 Å². The Hall–Kier alpha value is -2.45. The first-order chi connectivity index (χ1) is 14.0. The van der Waals surface area contributed by atoms with Crippen molar-refractivity contribution in [1.82, 2.24) is 0 Å². The zero-order chi connectivity index (χ0) is 20.8. The van der Waals surface area contributed by atoms with Gasteiger partial charge in [0.25, 0.3) is 0 Å². The number of rotatable bonds is 5. The lowest BCUT2D eigenvalue weighted by Gasteiger charge is -2.13. The van der Waals surface area contributed by atoms with Crippen LogP contribution in [0.4, 0.5) is 10.7 Å². The van der Waals surface area contributed by atoms with Gasteiger partial charge in [-0.1, -0.05) is 18.6 Å². The number of para-hydroxylation sites is 1. The molecule has 0 saturated carbocycles. The highest BCUT2D eigenvalue weighted by Gasteiger charge is 2.26. The van der Waals surface area contributed by atoms with Crippen LogP contribution in [0.2, 0.25) is 0 Å². The predicted octanol–water partition coefficient (Wildman–Crippen LogP) is 4.79. The van der Waals surface area contributed by atoms with Crippen LogP contribution in [0.1, 0.15) is 57.3 Å². The van der Waals surface area contributed by atoms with E-state index in [1.165, 1.54) is 12.0 Å². The van der Waals surface area contributed by atoms with Crippen molar-refractivity contribution in [2.75, 3.05) is 24.4 Å². The number of carbonyl (C=O) groups excluding carboxylic acids is 2. The summed E-state index contributed by atoms with van der Waals surface area (Å²) in [6.45, 7) is 2.12. The van der Waals surface area contributed by atoms with Crippen LogP contribution >= 0.6 is 23.6 Å². The van der Waals surface area contributed by atoms with Crippen LogP contribution in [0.25, 0.3) is 0 Å². The Labute approximate surface area is 179 Å². The summed E-state index contributed by atoms with van der Waals surface area (Å²) in [6, 6.07) is 6.96. The molecule has 6 nitrogen and oxygen atoms in total. The van der Waals surface area contributed by atoms with E-state index in [2.05, 4.69) is 10.6 Å². The molecule has 29 heavy (non-hydrogen) atoms. The van der Waals surface area contributed by atoms with Gasteiger partial charge in [0.05, 0.1) is 30.5 Å². The number of methoxy groups -OCH3 is 1. The van der Waals surface area contributed by atoms with Crippen molar-refractivity contribution in [3.8, 4) is 0 Å². The fourth-order valence-corrected chi connectivity index (χ4v) is 4.95. The highest BCUT2D eigenvalue weighted by Crippen LogP contribution is 2.38. The smallest absolute Gasteiger partial charge is 0.341 e. The lowest BCUT2D eigenvalue weighted by molar-refractivity contribution is 0.0525. The van der Waals surface area contributed by atoms with E-state index in [0.29, 0.717) is 33.5 Å². The SMILES string of the molecule is CCOC(=O)c1c(NC(=S)Nc2ccccc2C(=O)OC)sc2c1CCCCC2. The average molecular weight is 433 g/mol. The molecule has 1 aliphatic rings. The monoisotopic (exact) mass is 432 g/mol. The number of anilines is 2.